The SMILES string of the molecule is CCC(C)Sc1nc(Cl)ncc1N. The molecule has 1 rings (SSSR count). The molecule has 0 fully saturated rings. The fraction of sp³-hybridized carbons (Fsp3) is 0.500. The molecule has 1 aromatic heterocycles. The van der Waals surface area contributed by atoms with Crippen LogP contribution in [0.4, 0.5) is 5.69 Å². The Hall–Kier alpha value is -0.480. The van der Waals surface area contributed by atoms with Crippen molar-refractivity contribution in [2.24, 2.45) is 0 Å². The minimum atomic E-state index is 0.250. The predicted molar refractivity (Wildman–Crippen MR) is 57.1 cm³/mol. The summed E-state index contributed by atoms with van der Waals surface area (Å²) in [6.07, 6.45) is 2.62. The Morgan fingerprint density at radius 3 is 3.00 bits per heavy atom. The summed E-state index contributed by atoms with van der Waals surface area (Å²) in [5.41, 5.74) is 6.28. The number of nitrogen functional groups attached to an aromatic ring is 1. The van der Waals surface area contributed by atoms with E-state index in [-0.39, 0.29) is 5.28 Å². The van der Waals surface area contributed by atoms with Crippen LogP contribution in [0.5, 0.6) is 0 Å². The van der Waals surface area contributed by atoms with Crippen molar-refractivity contribution in [2.75, 3.05) is 5.73 Å². The maximum Gasteiger partial charge on any atom is 0.223 e. The van der Waals surface area contributed by atoms with Crippen LogP contribution in [-0.2, 0) is 0 Å². The summed E-state index contributed by atoms with van der Waals surface area (Å²) in [5, 5.41) is 1.52. The topological polar surface area (TPSA) is 51.8 Å². The number of anilines is 1. The molecule has 1 aromatic rings. The first kappa shape index (κ1) is 10.6. The first-order valence-electron chi connectivity index (χ1n) is 4.08. The standard InChI is InChI=1S/C8H12ClN3S/c1-3-5(2)13-7-6(10)4-11-8(9)12-7/h4-5H,3,10H2,1-2H3. The van der Waals surface area contributed by atoms with E-state index in [1.54, 1.807) is 18.0 Å². The summed E-state index contributed by atoms with van der Waals surface area (Å²) in [7, 11) is 0. The average molecular weight is 218 g/mol. The monoisotopic (exact) mass is 217 g/mol. The van der Waals surface area contributed by atoms with Gasteiger partial charge in [-0.15, -0.1) is 11.8 Å². The number of nitrogens with two attached hydrogens (primary N) is 1. The molecule has 13 heavy (non-hydrogen) atoms. The molecule has 1 heterocycles. The Balaban J connectivity index is 2.81. The van der Waals surface area contributed by atoms with Crippen molar-refractivity contribution in [2.45, 2.75) is 30.5 Å². The second kappa shape index (κ2) is 4.67. The van der Waals surface area contributed by atoms with Gasteiger partial charge in [-0.2, -0.15) is 0 Å². The third-order valence-corrected chi connectivity index (χ3v) is 3.11. The van der Waals surface area contributed by atoms with Crippen LogP contribution in [0.25, 0.3) is 0 Å². The molecule has 5 heteroatoms. The molecule has 0 bridgehead atoms. The Morgan fingerprint density at radius 1 is 1.69 bits per heavy atom. The maximum absolute atomic E-state index is 5.69. The zero-order valence-electron chi connectivity index (χ0n) is 7.62. The average Bonchev–Trinajstić information content (AvgIpc) is 2.11. The molecule has 0 spiro atoms. The normalized spacial score (nSPS) is 12.8. The zero-order chi connectivity index (χ0) is 9.84. The molecular weight excluding hydrogens is 206 g/mol. The summed E-state index contributed by atoms with van der Waals surface area (Å²) < 4.78 is 0. The number of hydrogen-bond donors (Lipinski definition) is 1. The van der Waals surface area contributed by atoms with Crippen LogP contribution < -0.4 is 5.73 Å². The number of thioether (sulfide) groups is 1. The highest BCUT2D eigenvalue weighted by Gasteiger charge is 2.07. The molecule has 3 nitrogen and oxygen atoms in total. The van der Waals surface area contributed by atoms with Gasteiger partial charge < -0.3 is 5.73 Å². The molecule has 1 unspecified atom stereocenters. The van der Waals surface area contributed by atoms with Gasteiger partial charge in [0.05, 0.1) is 11.9 Å². The Morgan fingerprint density at radius 2 is 2.38 bits per heavy atom. The smallest absolute Gasteiger partial charge is 0.223 e. The minimum absolute atomic E-state index is 0.250. The molecule has 2 N–H and O–H groups in total. The van der Waals surface area contributed by atoms with E-state index in [9.17, 15) is 0 Å². The fourth-order valence-electron chi connectivity index (χ4n) is 0.724. The van der Waals surface area contributed by atoms with Gasteiger partial charge in [0.25, 0.3) is 0 Å². The highest BCUT2D eigenvalue weighted by Crippen LogP contribution is 2.28. The number of aromatic nitrogens is 2. The highest BCUT2D eigenvalue weighted by atomic mass is 35.5. The van der Waals surface area contributed by atoms with E-state index in [2.05, 4.69) is 23.8 Å². The summed E-state index contributed by atoms with van der Waals surface area (Å²) in [6.45, 7) is 4.25. The Labute approximate surface area is 87.1 Å². The van der Waals surface area contributed by atoms with Gasteiger partial charge in [-0.3, -0.25) is 0 Å². The molecule has 0 saturated carbocycles. The molecule has 0 aromatic carbocycles. The number of halogens is 1. The molecule has 0 amide bonds. The Bertz CT molecular complexity index is 293. The summed E-state index contributed by atoms with van der Waals surface area (Å²) in [4.78, 5) is 7.84. The van der Waals surface area contributed by atoms with Crippen LogP contribution in [-0.4, -0.2) is 15.2 Å². The maximum atomic E-state index is 5.69. The second-order valence-electron chi connectivity index (χ2n) is 2.74. The summed E-state index contributed by atoms with van der Waals surface area (Å²) >= 11 is 7.28. The number of rotatable bonds is 3. The molecule has 72 valence electrons. The van der Waals surface area contributed by atoms with E-state index in [0.717, 1.165) is 11.4 Å². The van der Waals surface area contributed by atoms with Gasteiger partial charge in [0.15, 0.2) is 0 Å². The van der Waals surface area contributed by atoms with Gasteiger partial charge in [-0.05, 0) is 18.0 Å². The first-order chi connectivity index (χ1) is 6.13. The van der Waals surface area contributed by atoms with Gasteiger partial charge in [-0.1, -0.05) is 13.8 Å². The third kappa shape index (κ3) is 3.04. The van der Waals surface area contributed by atoms with Gasteiger partial charge >= 0.3 is 0 Å². The van der Waals surface area contributed by atoms with Crippen LogP contribution in [0.2, 0.25) is 5.28 Å². The molecular formula is C8H12ClN3S. The fourth-order valence-corrected chi connectivity index (χ4v) is 1.78. The molecule has 1 atom stereocenters. The van der Waals surface area contributed by atoms with E-state index in [1.165, 1.54) is 0 Å². The van der Waals surface area contributed by atoms with Crippen molar-refractivity contribution in [3.05, 3.63) is 11.5 Å². The lowest BCUT2D eigenvalue weighted by molar-refractivity contribution is 0.899. The molecule has 0 radical (unpaired) electrons. The molecule has 0 aliphatic carbocycles. The van der Waals surface area contributed by atoms with Crippen LogP contribution in [0.1, 0.15) is 20.3 Å². The van der Waals surface area contributed by atoms with Gasteiger partial charge in [0.2, 0.25) is 5.28 Å². The lowest BCUT2D eigenvalue weighted by atomic mass is 10.4. The van der Waals surface area contributed by atoms with Crippen molar-refractivity contribution in [3.8, 4) is 0 Å². The van der Waals surface area contributed by atoms with Crippen molar-refractivity contribution in [1.82, 2.24) is 9.97 Å². The van der Waals surface area contributed by atoms with Gasteiger partial charge in [-0.25, -0.2) is 9.97 Å². The van der Waals surface area contributed by atoms with E-state index >= 15 is 0 Å². The van der Waals surface area contributed by atoms with E-state index in [1.807, 2.05) is 0 Å². The van der Waals surface area contributed by atoms with Crippen molar-refractivity contribution in [3.63, 3.8) is 0 Å². The van der Waals surface area contributed by atoms with E-state index in [0.29, 0.717) is 10.9 Å². The van der Waals surface area contributed by atoms with E-state index in [4.69, 9.17) is 17.3 Å². The molecule has 0 saturated heterocycles. The quantitative estimate of drug-likeness (QED) is 0.481. The van der Waals surface area contributed by atoms with Gasteiger partial charge in [0, 0.05) is 5.25 Å². The van der Waals surface area contributed by atoms with Crippen molar-refractivity contribution >= 4 is 29.1 Å². The number of nitrogens with zero attached hydrogens (tertiary/aromatic N) is 2. The predicted octanol–water partition coefficient (Wildman–Crippen LogP) is 2.60. The van der Waals surface area contributed by atoms with Crippen LogP contribution >= 0.6 is 23.4 Å². The summed E-state index contributed by atoms with van der Waals surface area (Å²) in [6, 6.07) is 0. The van der Waals surface area contributed by atoms with Crippen LogP contribution in [0, 0.1) is 0 Å². The minimum Gasteiger partial charge on any atom is -0.395 e. The Kier molecular flexibility index (Phi) is 3.81. The van der Waals surface area contributed by atoms with Crippen LogP contribution in [0.15, 0.2) is 11.2 Å². The zero-order valence-corrected chi connectivity index (χ0v) is 9.19. The third-order valence-electron chi connectivity index (χ3n) is 1.64. The largest absolute Gasteiger partial charge is 0.395 e. The first-order valence-corrected chi connectivity index (χ1v) is 5.34. The lowest BCUT2D eigenvalue weighted by Gasteiger charge is -2.08. The van der Waals surface area contributed by atoms with E-state index < -0.39 is 0 Å². The van der Waals surface area contributed by atoms with Crippen molar-refractivity contribution < 1.29 is 0 Å². The second-order valence-corrected chi connectivity index (χ2v) is 4.50. The van der Waals surface area contributed by atoms with Crippen molar-refractivity contribution in [1.29, 1.82) is 0 Å². The highest BCUT2D eigenvalue weighted by molar-refractivity contribution is 8.00. The lowest BCUT2D eigenvalue weighted by Crippen LogP contribution is -1.99. The number of hydrogen-bond acceptors (Lipinski definition) is 4. The molecule has 0 aliphatic heterocycles. The summed E-state index contributed by atoms with van der Waals surface area (Å²) in [5.74, 6) is 0. The van der Waals surface area contributed by atoms with Gasteiger partial charge in [0.1, 0.15) is 5.03 Å². The molecule has 0 aliphatic rings. The van der Waals surface area contributed by atoms with Crippen LogP contribution in [0.3, 0.4) is 0 Å².